The van der Waals surface area contributed by atoms with Crippen LogP contribution in [0.15, 0.2) is 36.4 Å². The molecule has 0 radical (unpaired) electrons. The summed E-state index contributed by atoms with van der Waals surface area (Å²) in [6.07, 6.45) is 2.02. The summed E-state index contributed by atoms with van der Waals surface area (Å²) in [5, 5.41) is 16.8. The van der Waals surface area contributed by atoms with Gasteiger partial charge in [-0.2, -0.15) is 0 Å². The van der Waals surface area contributed by atoms with Gasteiger partial charge in [-0.15, -0.1) is 0 Å². The lowest BCUT2D eigenvalue weighted by Gasteiger charge is -2.35. The molecule has 3 aliphatic rings. The predicted octanol–water partition coefficient (Wildman–Crippen LogP) is 4.59. The van der Waals surface area contributed by atoms with E-state index < -0.39 is 29.3 Å². The molecule has 0 aliphatic carbocycles. The zero-order chi connectivity index (χ0) is 26.7. The second-order valence-corrected chi connectivity index (χ2v) is 12.1. The van der Waals surface area contributed by atoms with Crippen LogP contribution in [0.1, 0.15) is 50.3 Å². The first-order valence-electron chi connectivity index (χ1n) is 12.6. The highest BCUT2D eigenvalue weighted by Crippen LogP contribution is 2.59. The minimum absolute atomic E-state index is 0.0159. The largest absolute Gasteiger partial charge is 0.481 e. The Morgan fingerprint density at radius 2 is 1.97 bits per heavy atom. The highest BCUT2D eigenvalue weighted by molar-refractivity contribution is 6.38. The van der Waals surface area contributed by atoms with Crippen molar-refractivity contribution in [2.24, 2.45) is 11.8 Å². The molecule has 2 aromatic rings. The SMILES string of the molecule is CC(C)(C)c1cccc(CCNC(=O)C2C3CCCN3C3(C(=O)Nc4c(Cl)cc(Cl)cc43)C2C(=O)O)c1. The molecule has 2 fully saturated rings. The average Bonchev–Trinajstić information content (AvgIpc) is 3.47. The first-order chi connectivity index (χ1) is 17.5. The molecule has 5 rings (SSSR count). The van der Waals surface area contributed by atoms with Gasteiger partial charge in [0.2, 0.25) is 5.91 Å². The fourth-order valence-corrected chi connectivity index (χ4v) is 7.03. The van der Waals surface area contributed by atoms with Crippen molar-refractivity contribution in [1.82, 2.24) is 10.2 Å². The smallest absolute Gasteiger partial charge is 0.310 e. The van der Waals surface area contributed by atoms with E-state index in [0.29, 0.717) is 42.2 Å². The Morgan fingerprint density at radius 1 is 1.22 bits per heavy atom. The lowest BCUT2D eigenvalue weighted by Crippen LogP contribution is -2.53. The van der Waals surface area contributed by atoms with Gasteiger partial charge in [0.1, 0.15) is 11.5 Å². The number of benzene rings is 2. The molecular weight excluding hydrogens is 513 g/mol. The second-order valence-electron chi connectivity index (χ2n) is 11.3. The molecule has 3 aliphatic heterocycles. The fourth-order valence-electron chi connectivity index (χ4n) is 6.49. The van der Waals surface area contributed by atoms with Gasteiger partial charge in [0.15, 0.2) is 0 Å². The minimum atomic E-state index is -1.54. The van der Waals surface area contributed by atoms with Crippen LogP contribution in [-0.2, 0) is 31.8 Å². The Kier molecular flexibility index (Phi) is 6.54. The third kappa shape index (κ3) is 4.12. The van der Waals surface area contributed by atoms with Crippen molar-refractivity contribution in [3.63, 3.8) is 0 Å². The molecule has 3 N–H and O–H groups in total. The number of fused-ring (bicyclic) bond motifs is 4. The maximum atomic E-state index is 13.6. The highest BCUT2D eigenvalue weighted by Gasteiger charge is 2.71. The van der Waals surface area contributed by atoms with Crippen molar-refractivity contribution in [3.05, 3.63) is 63.1 Å². The number of carboxylic acids is 1. The van der Waals surface area contributed by atoms with E-state index in [1.165, 1.54) is 11.6 Å². The van der Waals surface area contributed by atoms with Gasteiger partial charge in [-0.3, -0.25) is 19.3 Å². The van der Waals surface area contributed by atoms with Gasteiger partial charge >= 0.3 is 5.97 Å². The lowest BCUT2D eigenvalue weighted by atomic mass is 9.73. The number of nitrogens with one attached hydrogen (secondary N) is 2. The van der Waals surface area contributed by atoms with Crippen LogP contribution >= 0.6 is 23.2 Å². The van der Waals surface area contributed by atoms with Crippen LogP contribution in [-0.4, -0.2) is 46.9 Å². The van der Waals surface area contributed by atoms with Crippen molar-refractivity contribution >= 4 is 46.7 Å². The minimum Gasteiger partial charge on any atom is -0.481 e. The number of anilines is 1. The number of hydrogen-bond acceptors (Lipinski definition) is 4. The van der Waals surface area contributed by atoms with E-state index in [4.69, 9.17) is 23.2 Å². The molecule has 4 unspecified atom stereocenters. The number of aliphatic carboxylic acids is 1. The first-order valence-corrected chi connectivity index (χ1v) is 13.4. The summed E-state index contributed by atoms with van der Waals surface area (Å²) in [5.74, 6) is -4.18. The molecular formula is C28H31Cl2N3O4. The van der Waals surface area contributed by atoms with E-state index in [9.17, 15) is 19.5 Å². The molecule has 1 spiro atoms. The predicted molar refractivity (Wildman–Crippen MR) is 143 cm³/mol. The quantitative estimate of drug-likeness (QED) is 0.512. The molecule has 7 nitrogen and oxygen atoms in total. The van der Waals surface area contributed by atoms with Crippen molar-refractivity contribution in [3.8, 4) is 0 Å². The number of halogens is 2. The highest BCUT2D eigenvalue weighted by atomic mass is 35.5. The molecule has 2 saturated heterocycles. The molecule has 9 heteroatoms. The zero-order valence-electron chi connectivity index (χ0n) is 21.1. The van der Waals surface area contributed by atoms with Gasteiger partial charge in [-0.05, 0) is 54.5 Å². The zero-order valence-corrected chi connectivity index (χ0v) is 22.6. The van der Waals surface area contributed by atoms with Crippen molar-refractivity contribution in [1.29, 1.82) is 0 Å². The summed E-state index contributed by atoms with van der Waals surface area (Å²) in [6.45, 7) is 7.34. The molecule has 37 heavy (non-hydrogen) atoms. The molecule has 0 aromatic heterocycles. The van der Waals surface area contributed by atoms with Gasteiger partial charge in [0, 0.05) is 23.2 Å². The summed E-state index contributed by atoms with van der Waals surface area (Å²) in [6, 6.07) is 11.0. The van der Waals surface area contributed by atoms with Crippen LogP contribution < -0.4 is 10.6 Å². The topological polar surface area (TPSA) is 98.7 Å². The second kappa shape index (κ2) is 9.29. The standard InChI is InChI=1S/C28H31Cl2N3O4/c1-27(2,3)16-7-4-6-15(12-16)9-10-31-24(34)21-20-8-5-11-33(20)28(22(21)25(35)36)18-13-17(29)14-19(30)23(18)32-26(28)37/h4,6-7,12-14,20-22H,5,8-11H2,1-3H3,(H,31,34)(H,32,37)(H,35,36). The number of carbonyl (C=O) groups is 3. The number of hydrogen-bond donors (Lipinski definition) is 3. The summed E-state index contributed by atoms with van der Waals surface area (Å²) in [5.41, 5.74) is 1.59. The Bertz CT molecular complexity index is 1290. The van der Waals surface area contributed by atoms with Crippen LogP contribution in [0.5, 0.6) is 0 Å². The van der Waals surface area contributed by atoms with E-state index in [1.54, 1.807) is 6.07 Å². The van der Waals surface area contributed by atoms with Gasteiger partial charge in [0.05, 0.1) is 16.6 Å². The number of amides is 2. The maximum absolute atomic E-state index is 13.6. The molecule has 0 saturated carbocycles. The summed E-state index contributed by atoms with van der Waals surface area (Å²) >= 11 is 12.7. The normalized spacial score (nSPS) is 26.7. The summed E-state index contributed by atoms with van der Waals surface area (Å²) in [4.78, 5) is 41.9. The molecule has 3 heterocycles. The monoisotopic (exact) mass is 543 g/mol. The van der Waals surface area contributed by atoms with E-state index >= 15 is 0 Å². The van der Waals surface area contributed by atoms with Crippen molar-refractivity contribution < 1.29 is 19.5 Å². The molecule has 2 aromatic carbocycles. The van der Waals surface area contributed by atoms with Crippen LogP contribution in [0.3, 0.4) is 0 Å². The average molecular weight is 544 g/mol. The van der Waals surface area contributed by atoms with Crippen LogP contribution in [0.25, 0.3) is 0 Å². The number of rotatable bonds is 5. The molecule has 0 bridgehead atoms. The van der Waals surface area contributed by atoms with Crippen molar-refractivity contribution in [2.75, 3.05) is 18.4 Å². The van der Waals surface area contributed by atoms with E-state index in [2.05, 4.69) is 43.5 Å². The van der Waals surface area contributed by atoms with E-state index in [-0.39, 0.29) is 22.4 Å². The Morgan fingerprint density at radius 3 is 2.68 bits per heavy atom. The number of nitrogens with zero attached hydrogens (tertiary/aromatic N) is 1. The van der Waals surface area contributed by atoms with Crippen LogP contribution in [0.4, 0.5) is 5.69 Å². The van der Waals surface area contributed by atoms with Crippen molar-refractivity contribution in [2.45, 2.75) is 57.0 Å². The van der Waals surface area contributed by atoms with E-state index in [0.717, 1.165) is 12.0 Å². The summed E-state index contributed by atoms with van der Waals surface area (Å²) < 4.78 is 0. The Labute approximate surface area is 226 Å². The first kappa shape index (κ1) is 26.0. The molecule has 2 amide bonds. The third-order valence-electron chi connectivity index (χ3n) is 8.10. The Hall–Kier alpha value is -2.61. The molecule has 196 valence electrons. The van der Waals surface area contributed by atoms with Crippen LogP contribution in [0.2, 0.25) is 10.0 Å². The van der Waals surface area contributed by atoms with E-state index in [1.807, 2.05) is 17.0 Å². The van der Waals surface area contributed by atoms with Gasteiger partial charge in [-0.1, -0.05) is 68.2 Å². The maximum Gasteiger partial charge on any atom is 0.310 e. The lowest BCUT2D eigenvalue weighted by molar-refractivity contribution is -0.152. The molecule has 4 atom stereocenters. The fraction of sp³-hybridized carbons (Fsp3) is 0.464. The van der Waals surface area contributed by atoms with Gasteiger partial charge < -0.3 is 15.7 Å². The third-order valence-corrected chi connectivity index (χ3v) is 8.62. The summed E-state index contributed by atoms with van der Waals surface area (Å²) in [7, 11) is 0. The number of carbonyl (C=O) groups excluding carboxylic acids is 2. The number of carboxylic acid groups (broad SMARTS) is 1. The van der Waals surface area contributed by atoms with Gasteiger partial charge in [0.25, 0.3) is 5.91 Å². The van der Waals surface area contributed by atoms with Gasteiger partial charge in [-0.25, -0.2) is 0 Å². The Balaban J connectivity index is 1.44. The van der Waals surface area contributed by atoms with Crippen LogP contribution in [0, 0.1) is 11.8 Å².